The van der Waals surface area contributed by atoms with Gasteiger partial charge < -0.3 is 10.1 Å². The van der Waals surface area contributed by atoms with Gasteiger partial charge in [0.05, 0.1) is 7.11 Å². The van der Waals surface area contributed by atoms with E-state index in [9.17, 15) is 4.39 Å². The Hall–Kier alpha value is -0.610. The topological polar surface area (TPSA) is 21.3 Å². The maximum atomic E-state index is 13.6. The van der Waals surface area contributed by atoms with Crippen molar-refractivity contribution in [2.75, 3.05) is 20.2 Å². The van der Waals surface area contributed by atoms with Crippen LogP contribution in [0.4, 0.5) is 4.39 Å². The molecule has 1 N–H and O–H groups in total. The van der Waals surface area contributed by atoms with Crippen molar-refractivity contribution in [3.05, 3.63) is 28.0 Å². The van der Waals surface area contributed by atoms with E-state index in [0.717, 1.165) is 36.0 Å². The van der Waals surface area contributed by atoms with E-state index in [2.05, 4.69) is 21.2 Å². The summed E-state index contributed by atoms with van der Waals surface area (Å²) < 4.78 is 19.5. The van der Waals surface area contributed by atoms with Gasteiger partial charge in [-0.05, 0) is 49.5 Å². The summed E-state index contributed by atoms with van der Waals surface area (Å²) >= 11 is 3.31. The van der Waals surface area contributed by atoms with Gasteiger partial charge in [-0.25, -0.2) is 4.39 Å². The van der Waals surface area contributed by atoms with Crippen molar-refractivity contribution in [3.63, 3.8) is 0 Å². The molecule has 1 aromatic rings. The van der Waals surface area contributed by atoms with Gasteiger partial charge in [0.25, 0.3) is 0 Å². The van der Waals surface area contributed by atoms with Crippen LogP contribution in [0.2, 0.25) is 0 Å². The SMILES string of the molecule is COc1c(F)cc(Br)cc1CC1CCNC1. The molecule has 1 atom stereocenters. The van der Waals surface area contributed by atoms with Crippen LogP contribution in [0.3, 0.4) is 0 Å². The Balaban J connectivity index is 2.23. The molecule has 1 aromatic carbocycles. The van der Waals surface area contributed by atoms with Crippen LogP contribution in [0.5, 0.6) is 5.75 Å². The van der Waals surface area contributed by atoms with Crippen molar-refractivity contribution < 1.29 is 9.13 Å². The molecule has 0 bridgehead atoms. The van der Waals surface area contributed by atoms with E-state index >= 15 is 0 Å². The second kappa shape index (κ2) is 5.15. The Morgan fingerprint density at radius 2 is 2.38 bits per heavy atom. The number of methoxy groups -OCH3 is 1. The lowest BCUT2D eigenvalue weighted by Gasteiger charge is -2.13. The average molecular weight is 288 g/mol. The lowest BCUT2D eigenvalue weighted by atomic mass is 9.98. The molecule has 0 amide bonds. The van der Waals surface area contributed by atoms with Crippen molar-refractivity contribution in [1.82, 2.24) is 5.32 Å². The molecule has 0 aliphatic carbocycles. The summed E-state index contributed by atoms with van der Waals surface area (Å²) in [6.07, 6.45) is 2.02. The molecule has 16 heavy (non-hydrogen) atoms. The smallest absolute Gasteiger partial charge is 0.166 e. The van der Waals surface area contributed by atoms with Crippen LogP contribution in [0.25, 0.3) is 0 Å². The second-order valence-corrected chi connectivity index (χ2v) is 5.06. The largest absolute Gasteiger partial charge is 0.493 e. The molecule has 0 aromatic heterocycles. The molecule has 4 heteroatoms. The molecular formula is C12H15BrFNO. The summed E-state index contributed by atoms with van der Waals surface area (Å²) in [5.74, 6) is 0.676. The zero-order valence-corrected chi connectivity index (χ0v) is 10.8. The first-order valence-corrected chi connectivity index (χ1v) is 6.22. The Bertz CT molecular complexity index is 378. The molecule has 88 valence electrons. The lowest BCUT2D eigenvalue weighted by molar-refractivity contribution is 0.377. The lowest BCUT2D eigenvalue weighted by Crippen LogP contribution is -2.11. The maximum Gasteiger partial charge on any atom is 0.166 e. The molecule has 0 radical (unpaired) electrons. The third-order valence-corrected chi connectivity index (χ3v) is 3.42. The van der Waals surface area contributed by atoms with Crippen LogP contribution in [0.15, 0.2) is 16.6 Å². The standard InChI is InChI=1S/C12H15BrFNO/c1-16-12-9(4-8-2-3-15-7-8)5-10(13)6-11(12)14/h5-6,8,15H,2-4,7H2,1H3. The van der Waals surface area contributed by atoms with E-state index in [-0.39, 0.29) is 5.82 Å². The van der Waals surface area contributed by atoms with Crippen LogP contribution >= 0.6 is 15.9 Å². The fraction of sp³-hybridized carbons (Fsp3) is 0.500. The van der Waals surface area contributed by atoms with Crippen LogP contribution in [-0.2, 0) is 6.42 Å². The fourth-order valence-electron chi connectivity index (χ4n) is 2.19. The number of rotatable bonds is 3. The van der Waals surface area contributed by atoms with Crippen LogP contribution < -0.4 is 10.1 Å². The van der Waals surface area contributed by atoms with Gasteiger partial charge in [-0.2, -0.15) is 0 Å². The monoisotopic (exact) mass is 287 g/mol. The van der Waals surface area contributed by atoms with Crippen molar-refractivity contribution >= 4 is 15.9 Å². The van der Waals surface area contributed by atoms with Gasteiger partial charge in [-0.1, -0.05) is 15.9 Å². The quantitative estimate of drug-likeness (QED) is 0.923. The summed E-state index contributed by atoms with van der Waals surface area (Å²) in [6.45, 7) is 2.07. The normalized spacial score (nSPS) is 20.1. The molecule has 0 saturated carbocycles. The van der Waals surface area contributed by atoms with E-state index in [1.165, 1.54) is 13.2 Å². The van der Waals surface area contributed by atoms with Gasteiger partial charge in [0, 0.05) is 4.47 Å². The van der Waals surface area contributed by atoms with E-state index in [0.29, 0.717) is 11.7 Å². The first kappa shape index (κ1) is 11.9. The summed E-state index contributed by atoms with van der Waals surface area (Å²) in [5, 5.41) is 3.31. The van der Waals surface area contributed by atoms with Gasteiger partial charge >= 0.3 is 0 Å². The number of benzene rings is 1. The van der Waals surface area contributed by atoms with Gasteiger partial charge in [0.2, 0.25) is 0 Å². The number of halogens is 2. The van der Waals surface area contributed by atoms with Crippen molar-refractivity contribution in [3.8, 4) is 5.75 Å². The highest BCUT2D eigenvalue weighted by Gasteiger charge is 2.19. The summed E-state index contributed by atoms with van der Waals surface area (Å²) in [5.41, 5.74) is 0.947. The van der Waals surface area contributed by atoms with E-state index in [1.807, 2.05) is 6.07 Å². The highest BCUT2D eigenvalue weighted by atomic mass is 79.9. The number of hydrogen-bond donors (Lipinski definition) is 1. The molecule has 1 aliphatic heterocycles. The van der Waals surface area contributed by atoms with Gasteiger partial charge in [-0.15, -0.1) is 0 Å². The molecule has 1 fully saturated rings. The Morgan fingerprint density at radius 1 is 1.56 bits per heavy atom. The third kappa shape index (κ3) is 2.55. The minimum absolute atomic E-state index is 0.294. The van der Waals surface area contributed by atoms with E-state index in [4.69, 9.17) is 4.74 Å². The highest BCUT2D eigenvalue weighted by molar-refractivity contribution is 9.10. The Labute approximate surface area is 103 Å². The summed E-state index contributed by atoms with van der Waals surface area (Å²) in [6, 6.07) is 3.38. The zero-order chi connectivity index (χ0) is 11.5. The summed E-state index contributed by atoms with van der Waals surface area (Å²) in [7, 11) is 1.52. The predicted molar refractivity (Wildman–Crippen MR) is 65.3 cm³/mol. The zero-order valence-electron chi connectivity index (χ0n) is 9.22. The molecule has 1 saturated heterocycles. The van der Waals surface area contributed by atoms with Gasteiger partial charge in [0.15, 0.2) is 11.6 Å². The van der Waals surface area contributed by atoms with Crippen molar-refractivity contribution in [2.45, 2.75) is 12.8 Å². The number of ether oxygens (including phenoxy) is 1. The highest BCUT2D eigenvalue weighted by Crippen LogP contribution is 2.30. The molecule has 1 aliphatic rings. The van der Waals surface area contributed by atoms with Crippen molar-refractivity contribution in [2.24, 2.45) is 5.92 Å². The number of nitrogens with one attached hydrogen (secondary N) is 1. The average Bonchev–Trinajstić information content (AvgIpc) is 2.70. The minimum atomic E-state index is -0.294. The molecular weight excluding hydrogens is 273 g/mol. The van der Waals surface area contributed by atoms with E-state index < -0.39 is 0 Å². The minimum Gasteiger partial charge on any atom is -0.493 e. The van der Waals surface area contributed by atoms with Crippen LogP contribution in [-0.4, -0.2) is 20.2 Å². The predicted octanol–water partition coefficient (Wildman–Crippen LogP) is 2.75. The third-order valence-electron chi connectivity index (χ3n) is 2.96. The second-order valence-electron chi connectivity index (χ2n) is 4.14. The summed E-state index contributed by atoms with van der Waals surface area (Å²) in [4.78, 5) is 0. The molecule has 1 unspecified atom stereocenters. The first-order valence-electron chi connectivity index (χ1n) is 5.43. The Kier molecular flexibility index (Phi) is 3.82. The van der Waals surface area contributed by atoms with Gasteiger partial charge in [-0.3, -0.25) is 0 Å². The molecule has 0 spiro atoms. The number of hydrogen-bond acceptors (Lipinski definition) is 2. The molecule has 2 nitrogen and oxygen atoms in total. The van der Waals surface area contributed by atoms with Gasteiger partial charge in [0.1, 0.15) is 0 Å². The van der Waals surface area contributed by atoms with Crippen molar-refractivity contribution in [1.29, 1.82) is 0 Å². The first-order chi connectivity index (χ1) is 7.70. The Morgan fingerprint density at radius 3 is 3.00 bits per heavy atom. The van der Waals surface area contributed by atoms with Crippen LogP contribution in [0, 0.1) is 11.7 Å². The van der Waals surface area contributed by atoms with Crippen LogP contribution in [0.1, 0.15) is 12.0 Å². The van der Waals surface area contributed by atoms with E-state index in [1.54, 1.807) is 0 Å². The fourth-order valence-corrected chi connectivity index (χ4v) is 2.67. The molecule has 1 heterocycles. The maximum absolute atomic E-state index is 13.6. The molecule has 2 rings (SSSR count).